The third-order valence-electron chi connectivity index (χ3n) is 4.33. The van der Waals surface area contributed by atoms with Gasteiger partial charge in [0.2, 0.25) is 0 Å². The van der Waals surface area contributed by atoms with Gasteiger partial charge in [-0.25, -0.2) is 14.4 Å². The molecule has 0 aliphatic rings. The van der Waals surface area contributed by atoms with Crippen molar-refractivity contribution in [3.05, 3.63) is 60.4 Å². The van der Waals surface area contributed by atoms with Crippen molar-refractivity contribution in [1.29, 1.82) is 0 Å². The Kier molecular flexibility index (Phi) is 4.15. The van der Waals surface area contributed by atoms with Gasteiger partial charge < -0.3 is 10.3 Å². The number of aryl methyl sites for hydroxylation is 2. The van der Waals surface area contributed by atoms with Crippen LogP contribution in [-0.2, 0) is 6.54 Å². The Bertz CT molecular complexity index is 1150. The molecule has 0 aliphatic carbocycles. The number of fused-ring (bicyclic) bond motifs is 1. The van der Waals surface area contributed by atoms with Crippen molar-refractivity contribution in [2.45, 2.75) is 13.5 Å². The normalized spacial score (nSPS) is 11.2. The van der Waals surface area contributed by atoms with E-state index < -0.39 is 12.6 Å². The Hall–Kier alpha value is -3.55. The molecule has 4 heterocycles. The van der Waals surface area contributed by atoms with E-state index in [9.17, 15) is 9.18 Å². The summed E-state index contributed by atoms with van der Waals surface area (Å²) < 4.78 is 16.4. The fourth-order valence-corrected chi connectivity index (χ4v) is 3.11. The Labute approximate surface area is 154 Å². The lowest BCUT2D eigenvalue weighted by Gasteiger charge is -2.10. The third-order valence-corrected chi connectivity index (χ3v) is 4.33. The summed E-state index contributed by atoms with van der Waals surface area (Å²) in [4.78, 5) is 24.8. The van der Waals surface area contributed by atoms with E-state index in [-0.39, 0.29) is 12.2 Å². The average molecular weight is 364 g/mol. The highest BCUT2D eigenvalue weighted by molar-refractivity contribution is 5.92. The zero-order chi connectivity index (χ0) is 19.0. The number of imidazole rings is 2. The molecular formula is C19H17FN6O. The van der Waals surface area contributed by atoms with E-state index >= 15 is 0 Å². The van der Waals surface area contributed by atoms with E-state index in [2.05, 4.69) is 15.0 Å². The topological polar surface area (TPSA) is 91.1 Å². The first-order chi connectivity index (χ1) is 13.1. The van der Waals surface area contributed by atoms with Gasteiger partial charge in [0, 0.05) is 17.5 Å². The highest BCUT2D eigenvalue weighted by Gasteiger charge is 2.18. The molecule has 0 aromatic carbocycles. The maximum absolute atomic E-state index is 13.1. The zero-order valence-corrected chi connectivity index (χ0v) is 14.6. The van der Waals surface area contributed by atoms with Gasteiger partial charge in [-0.05, 0) is 31.2 Å². The average Bonchev–Trinajstić information content (AvgIpc) is 3.25. The molecule has 0 bridgehead atoms. The molecule has 0 saturated carbocycles. The van der Waals surface area contributed by atoms with Crippen LogP contribution in [-0.4, -0.2) is 36.5 Å². The summed E-state index contributed by atoms with van der Waals surface area (Å²) in [5.41, 5.74) is 9.98. The molecule has 2 N–H and O–H groups in total. The van der Waals surface area contributed by atoms with Gasteiger partial charge >= 0.3 is 0 Å². The van der Waals surface area contributed by atoms with Crippen LogP contribution in [0.15, 0.2) is 49.1 Å². The molecule has 0 aliphatic heterocycles. The number of carbonyl (C=O) groups excluding carboxylic acids is 1. The summed E-state index contributed by atoms with van der Waals surface area (Å²) in [6, 6.07) is 9.31. The van der Waals surface area contributed by atoms with Crippen molar-refractivity contribution < 1.29 is 9.18 Å². The van der Waals surface area contributed by atoms with Gasteiger partial charge in [-0.3, -0.25) is 14.2 Å². The second-order valence-corrected chi connectivity index (χ2v) is 6.14. The molecule has 4 aromatic rings. The van der Waals surface area contributed by atoms with E-state index in [0.717, 1.165) is 17.0 Å². The molecule has 0 spiro atoms. The van der Waals surface area contributed by atoms with Gasteiger partial charge in [0.05, 0.1) is 30.5 Å². The molecule has 0 saturated heterocycles. The molecule has 4 aromatic heterocycles. The van der Waals surface area contributed by atoms with E-state index in [4.69, 9.17) is 5.73 Å². The molecule has 8 heteroatoms. The Balaban J connectivity index is 1.94. The smallest absolute Gasteiger partial charge is 0.267 e. The summed E-state index contributed by atoms with van der Waals surface area (Å²) in [7, 11) is 0. The van der Waals surface area contributed by atoms with Crippen LogP contribution < -0.4 is 5.73 Å². The first kappa shape index (κ1) is 16.9. The maximum atomic E-state index is 13.1. The van der Waals surface area contributed by atoms with Crippen LogP contribution in [0.3, 0.4) is 0 Å². The van der Waals surface area contributed by atoms with Crippen LogP contribution in [0.4, 0.5) is 4.39 Å². The first-order valence-corrected chi connectivity index (χ1v) is 8.41. The van der Waals surface area contributed by atoms with Crippen molar-refractivity contribution in [2.75, 3.05) is 6.67 Å². The molecule has 1 amide bonds. The van der Waals surface area contributed by atoms with Gasteiger partial charge in [-0.2, -0.15) is 0 Å². The van der Waals surface area contributed by atoms with E-state index in [0.29, 0.717) is 17.0 Å². The predicted molar refractivity (Wildman–Crippen MR) is 98.9 cm³/mol. The quantitative estimate of drug-likeness (QED) is 0.589. The second kappa shape index (κ2) is 6.64. The fourth-order valence-electron chi connectivity index (χ4n) is 3.11. The number of pyridine rings is 2. The highest BCUT2D eigenvalue weighted by atomic mass is 19.1. The van der Waals surface area contributed by atoms with Crippen LogP contribution in [0.25, 0.3) is 28.3 Å². The number of carbonyl (C=O) groups is 1. The summed E-state index contributed by atoms with van der Waals surface area (Å²) >= 11 is 0. The molecule has 4 rings (SSSR count). The first-order valence-electron chi connectivity index (χ1n) is 8.41. The summed E-state index contributed by atoms with van der Waals surface area (Å²) in [6.45, 7) is 1.54. The summed E-state index contributed by atoms with van der Waals surface area (Å²) in [5, 5.41) is 0. The van der Waals surface area contributed by atoms with E-state index in [1.165, 1.54) is 6.20 Å². The van der Waals surface area contributed by atoms with Crippen LogP contribution in [0.5, 0.6) is 0 Å². The van der Waals surface area contributed by atoms with E-state index in [1.807, 2.05) is 31.2 Å². The third kappa shape index (κ3) is 2.95. The molecule has 7 nitrogen and oxygen atoms in total. The summed E-state index contributed by atoms with van der Waals surface area (Å²) in [6.07, 6.45) is 4.79. The molecular weight excluding hydrogens is 347 g/mol. The largest absolute Gasteiger partial charge is 0.364 e. The summed E-state index contributed by atoms with van der Waals surface area (Å²) in [5.74, 6) is -0.572. The number of hydrogen-bond donors (Lipinski definition) is 1. The molecule has 0 unspecified atom stereocenters. The minimum absolute atomic E-state index is 0.165. The van der Waals surface area contributed by atoms with Crippen LogP contribution in [0.2, 0.25) is 0 Å². The molecule has 0 atom stereocenters. The van der Waals surface area contributed by atoms with Crippen molar-refractivity contribution in [2.24, 2.45) is 5.73 Å². The van der Waals surface area contributed by atoms with Crippen molar-refractivity contribution >= 4 is 11.6 Å². The van der Waals surface area contributed by atoms with Gasteiger partial charge in [0.15, 0.2) is 0 Å². The minimum Gasteiger partial charge on any atom is -0.364 e. The minimum atomic E-state index is -0.572. The van der Waals surface area contributed by atoms with E-state index in [1.54, 1.807) is 27.6 Å². The number of hydrogen-bond acceptors (Lipinski definition) is 4. The van der Waals surface area contributed by atoms with Crippen molar-refractivity contribution in [3.8, 4) is 22.6 Å². The number of aromatic nitrogens is 5. The maximum Gasteiger partial charge on any atom is 0.267 e. The van der Waals surface area contributed by atoms with Gasteiger partial charge in [0.25, 0.3) is 5.91 Å². The lowest BCUT2D eigenvalue weighted by Crippen LogP contribution is -2.13. The zero-order valence-electron chi connectivity index (χ0n) is 14.6. The number of halogens is 1. The Morgan fingerprint density at radius 3 is 2.81 bits per heavy atom. The number of alkyl halides is 1. The molecule has 136 valence electrons. The van der Waals surface area contributed by atoms with Gasteiger partial charge in [-0.15, -0.1) is 0 Å². The van der Waals surface area contributed by atoms with Gasteiger partial charge in [0.1, 0.15) is 23.7 Å². The van der Waals surface area contributed by atoms with Crippen LogP contribution in [0.1, 0.15) is 16.2 Å². The Morgan fingerprint density at radius 1 is 1.22 bits per heavy atom. The SMILES string of the molecule is Cc1cccc(-c2ncn(CCF)c2-c2ccc3ncc(C(N)=O)n3c2)n1. The van der Waals surface area contributed by atoms with Crippen LogP contribution >= 0.6 is 0 Å². The lowest BCUT2D eigenvalue weighted by atomic mass is 10.1. The lowest BCUT2D eigenvalue weighted by molar-refractivity contribution is 0.0995. The van der Waals surface area contributed by atoms with Crippen molar-refractivity contribution in [1.82, 2.24) is 23.9 Å². The Morgan fingerprint density at radius 2 is 2.07 bits per heavy atom. The van der Waals surface area contributed by atoms with Crippen LogP contribution in [0, 0.1) is 6.92 Å². The van der Waals surface area contributed by atoms with Crippen molar-refractivity contribution in [3.63, 3.8) is 0 Å². The fraction of sp³-hybridized carbons (Fsp3) is 0.158. The molecule has 0 radical (unpaired) electrons. The standard InChI is InChI=1S/C19H17FN6O/c1-12-3-2-4-14(24-12)17-18(25(8-7-20)11-23-17)13-5-6-16-22-9-15(19(21)27)26(16)10-13/h2-6,9-11H,7-8H2,1H3,(H2,21,27). The number of amides is 1. The molecule has 27 heavy (non-hydrogen) atoms. The predicted octanol–water partition coefficient (Wildman–Crippen LogP) is 2.64. The number of rotatable bonds is 5. The number of nitrogens with two attached hydrogens (primary N) is 1. The van der Waals surface area contributed by atoms with Gasteiger partial charge in [-0.1, -0.05) is 6.07 Å². The number of nitrogens with zero attached hydrogens (tertiary/aromatic N) is 5. The number of primary amides is 1. The second-order valence-electron chi connectivity index (χ2n) is 6.14. The monoisotopic (exact) mass is 364 g/mol. The highest BCUT2D eigenvalue weighted by Crippen LogP contribution is 2.31. The molecule has 0 fully saturated rings.